The normalized spacial score (nSPS) is 11.8. The predicted octanol–water partition coefficient (Wildman–Crippen LogP) is 8.60. The molecule has 0 atom stereocenters. The second-order valence-electron chi connectivity index (χ2n) is 11.1. The van der Waals surface area contributed by atoms with Gasteiger partial charge in [0.2, 0.25) is 16.7 Å². The third kappa shape index (κ3) is 7.87. The van der Waals surface area contributed by atoms with Gasteiger partial charge in [-0.05, 0) is 66.6 Å². The van der Waals surface area contributed by atoms with Gasteiger partial charge in [0, 0.05) is 62.2 Å². The van der Waals surface area contributed by atoms with Gasteiger partial charge in [0.25, 0.3) is 5.52 Å². The fourth-order valence-electron chi connectivity index (χ4n) is 5.26. The van der Waals surface area contributed by atoms with Crippen molar-refractivity contribution in [2.24, 2.45) is 0 Å². The Morgan fingerprint density at radius 1 is 0.652 bits per heavy atom. The van der Waals surface area contributed by atoms with Crippen LogP contribution in [0.4, 0.5) is 11.4 Å². The molecule has 1 N–H and O–H groups in total. The van der Waals surface area contributed by atoms with Gasteiger partial charge in [-0.1, -0.05) is 70.1 Å². The summed E-state index contributed by atoms with van der Waals surface area (Å²) in [6.45, 7) is 5.00. The topological polar surface area (TPSA) is 50.8 Å². The monoisotopic (exact) mass is 648 g/mol. The predicted molar refractivity (Wildman–Crippen MR) is 197 cm³/mol. The maximum absolute atomic E-state index is 6.07. The van der Waals surface area contributed by atoms with Crippen molar-refractivity contribution in [3.05, 3.63) is 120 Å². The summed E-state index contributed by atoms with van der Waals surface area (Å²) < 4.78 is 14.1. The SMILES string of the molecule is CC[n+]1c(/C=C/c2ccc(N(C)CCSSCCN(C)c3ccc(/C=C/c4[nH+]c5ccccc5o4)cc3)cc2)oc2ccccc21. The summed E-state index contributed by atoms with van der Waals surface area (Å²) in [5, 5.41) is 0. The van der Waals surface area contributed by atoms with Gasteiger partial charge in [0.1, 0.15) is 6.54 Å². The van der Waals surface area contributed by atoms with Crippen molar-refractivity contribution in [3.63, 3.8) is 0 Å². The van der Waals surface area contributed by atoms with Crippen molar-refractivity contribution in [2.45, 2.75) is 13.5 Å². The Morgan fingerprint density at radius 3 is 1.83 bits per heavy atom. The quantitative estimate of drug-likeness (QED) is 0.0670. The number of hydrogen-bond donors (Lipinski definition) is 0. The standard InChI is InChI=1S/C38H39N4O2S2/c1-4-42-34-10-6-8-12-36(34)44-38(42)24-18-30-15-21-32(22-16-30)41(3)26-28-46-45-27-25-40(2)31-19-13-29(14-20-31)17-23-37-39-33-9-5-7-11-35(33)43-37/h5-24H,4,25-28H2,1-3H3/q+1/p+1/b23-17+. The number of aryl methyl sites for hydroxylation is 1. The van der Waals surface area contributed by atoms with Gasteiger partial charge in [0.15, 0.2) is 0 Å². The Bertz CT molecular complexity index is 1890. The fourth-order valence-corrected chi connectivity index (χ4v) is 7.34. The van der Waals surface area contributed by atoms with Crippen molar-refractivity contribution in [3.8, 4) is 0 Å². The molecule has 0 bridgehead atoms. The molecule has 0 radical (unpaired) electrons. The highest BCUT2D eigenvalue weighted by Crippen LogP contribution is 2.24. The first-order valence-electron chi connectivity index (χ1n) is 15.6. The second kappa shape index (κ2) is 15.3. The van der Waals surface area contributed by atoms with Gasteiger partial charge in [-0.3, -0.25) is 0 Å². The average Bonchev–Trinajstić information content (AvgIpc) is 3.68. The minimum absolute atomic E-state index is 0.745. The molecule has 0 unspecified atom stereocenters. The Kier molecular flexibility index (Phi) is 10.5. The molecular weight excluding hydrogens is 609 g/mol. The highest BCUT2D eigenvalue weighted by Gasteiger charge is 2.18. The van der Waals surface area contributed by atoms with Crippen LogP contribution in [0.3, 0.4) is 0 Å². The van der Waals surface area contributed by atoms with E-state index in [9.17, 15) is 0 Å². The average molecular weight is 649 g/mol. The molecule has 0 aliphatic carbocycles. The van der Waals surface area contributed by atoms with Crippen molar-refractivity contribution in [1.82, 2.24) is 0 Å². The van der Waals surface area contributed by atoms with Gasteiger partial charge in [-0.15, -0.1) is 0 Å². The molecule has 2 heterocycles. The van der Waals surface area contributed by atoms with Crippen molar-refractivity contribution in [1.29, 1.82) is 0 Å². The zero-order chi connectivity index (χ0) is 31.7. The van der Waals surface area contributed by atoms with Crippen molar-refractivity contribution >= 4 is 79.5 Å². The molecule has 6 aromatic rings. The van der Waals surface area contributed by atoms with Crippen LogP contribution in [0.25, 0.3) is 46.5 Å². The number of benzene rings is 4. The van der Waals surface area contributed by atoms with Crippen LogP contribution in [0.15, 0.2) is 106 Å². The number of nitrogens with zero attached hydrogens (tertiary/aromatic N) is 3. The Morgan fingerprint density at radius 2 is 1.22 bits per heavy atom. The molecule has 4 aromatic carbocycles. The summed E-state index contributed by atoms with van der Waals surface area (Å²) in [5.74, 6) is 3.75. The number of fused-ring (bicyclic) bond motifs is 2. The Balaban J connectivity index is 0.898. The lowest BCUT2D eigenvalue weighted by molar-refractivity contribution is -0.674. The summed E-state index contributed by atoms with van der Waals surface area (Å²) in [4.78, 5) is 7.92. The molecule has 46 heavy (non-hydrogen) atoms. The van der Waals surface area contributed by atoms with Crippen LogP contribution < -0.4 is 19.4 Å². The van der Waals surface area contributed by atoms with Crippen LogP contribution in [-0.4, -0.2) is 38.7 Å². The zero-order valence-electron chi connectivity index (χ0n) is 26.6. The number of hydrogen-bond acceptors (Lipinski definition) is 6. The van der Waals surface area contributed by atoms with E-state index < -0.39 is 0 Å². The fraction of sp³-hybridized carbons (Fsp3) is 0.211. The molecule has 6 rings (SSSR count). The Hall–Kier alpha value is -4.40. The van der Waals surface area contributed by atoms with Gasteiger partial charge in [-0.2, -0.15) is 9.55 Å². The second-order valence-corrected chi connectivity index (χ2v) is 13.8. The van der Waals surface area contributed by atoms with E-state index in [0.717, 1.165) is 76.2 Å². The minimum atomic E-state index is 0.745. The first-order chi connectivity index (χ1) is 22.6. The van der Waals surface area contributed by atoms with Gasteiger partial charge in [-0.25, -0.2) is 0 Å². The number of aromatic nitrogens is 2. The molecule has 0 saturated carbocycles. The lowest BCUT2D eigenvalue weighted by Gasteiger charge is -2.20. The number of H-pyrrole nitrogens is 1. The summed E-state index contributed by atoms with van der Waals surface area (Å²) in [7, 11) is 8.20. The molecule has 2 aromatic heterocycles. The van der Waals surface area contributed by atoms with Gasteiger partial charge < -0.3 is 18.6 Å². The maximum Gasteiger partial charge on any atom is 0.374 e. The smallest absolute Gasteiger partial charge is 0.374 e. The molecule has 0 saturated heterocycles. The van der Waals surface area contributed by atoms with Gasteiger partial charge in [0.05, 0.1) is 12.2 Å². The van der Waals surface area contributed by atoms with Crippen LogP contribution in [0.2, 0.25) is 0 Å². The molecule has 0 fully saturated rings. The largest absolute Gasteiger partial charge is 0.398 e. The third-order valence-corrected chi connectivity index (χ3v) is 10.3. The first-order valence-corrected chi connectivity index (χ1v) is 18.1. The number of rotatable bonds is 14. The van der Waals surface area contributed by atoms with Gasteiger partial charge >= 0.3 is 11.8 Å². The van der Waals surface area contributed by atoms with E-state index in [0.29, 0.717) is 0 Å². The summed E-state index contributed by atoms with van der Waals surface area (Å²) in [6, 6.07) is 33.5. The summed E-state index contributed by atoms with van der Waals surface area (Å²) in [6.07, 6.45) is 8.22. The van der Waals surface area contributed by atoms with E-state index in [2.05, 4.69) is 113 Å². The molecule has 8 heteroatoms. The van der Waals surface area contributed by atoms with Crippen molar-refractivity contribution in [2.75, 3.05) is 48.5 Å². The summed E-state index contributed by atoms with van der Waals surface area (Å²) in [5.41, 5.74) is 8.64. The van der Waals surface area contributed by atoms with E-state index in [1.165, 1.54) is 11.4 Å². The van der Waals surface area contributed by atoms with Crippen LogP contribution in [0.5, 0.6) is 0 Å². The molecule has 0 aliphatic heterocycles. The molecule has 0 spiro atoms. The van der Waals surface area contributed by atoms with E-state index in [1.807, 2.05) is 70.1 Å². The molecule has 0 aliphatic rings. The van der Waals surface area contributed by atoms with Crippen LogP contribution in [0.1, 0.15) is 29.8 Å². The number of para-hydroxylation sites is 4. The Labute approximate surface area is 278 Å². The van der Waals surface area contributed by atoms with E-state index >= 15 is 0 Å². The van der Waals surface area contributed by atoms with Crippen LogP contribution >= 0.6 is 21.6 Å². The lowest BCUT2D eigenvalue weighted by atomic mass is 10.2. The summed E-state index contributed by atoms with van der Waals surface area (Å²) >= 11 is 0. The van der Waals surface area contributed by atoms with Crippen molar-refractivity contribution < 1.29 is 18.4 Å². The van der Waals surface area contributed by atoms with E-state index in [4.69, 9.17) is 8.83 Å². The highest BCUT2D eigenvalue weighted by atomic mass is 33.1. The zero-order valence-corrected chi connectivity index (χ0v) is 28.2. The minimum Gasteiger partial charge on any atom is -0.398 e. The van der Waals surface area contributed by atoms with Crippen LogP contribution in [-0.2, 0) is 6.54 Å². The highest BCUT2D eigenvalue weighted by molar-refractivity contribution is 8.76. The first kappa shape index (κ1) is 31.6. The number of aromatic amines is 1. The van der Waals surface area contributed by atoms with E-state index in [1.54, 1.807) is 0 Å². The number of nitrogens with one attached hydrogen (secondary N) is 1. The van der Waals surface area contributed by atoms with E-state index in [-0.39, 0.29) is 0 Å². The molecular formula is C38H40N4O2S2+2. The maximum atomic E-state index is 6.07. The number of anilines is 2. The lowest BCUT2D eigenvalue weighted by Crippen LogP contribution is -2.33. The third-order valence-electron chi connectivity index (χ3n) is 7.93. The van der Waals surface area contributed by atoms with Crippen LogP contribution in [0, 0.1) is 0 Å². The number of oxazole rings is 2. The molecule has 234 valence electrons. The molecule has 0 amide bonds. The molecule has 6 nitrogen and oxygen atoms in total.